The van der Waals surface area contributed by atoms with Crippen molar-refractivity contribution in [2.24, 2.45) is 10.9 Å². The monoisotopic (exact) mass is 512 g/mol. The molecule has 0 saturated heterocycles. The number of rotatable bonds is 7. The van der Waals surface area contributed by atoms with Gasteiger partial charge in [0.05, 0.1) is 11.4 Å². The lowest BCUT2D eigenvalue weighted by molar-refractivity contribution is -0.125. The summed E-state index contributed by atoms with van der Waals surface area (Å²) in [6, 6.07) is 20.8. The molecule has 0 aromatic heterocycles. The molecule has 0 atom stereocenters. The van der Waals surface area contributed by atoms with E-state index in [4.69, 9.17) is 10.7 Å². The van der Waals surface area contributed by atoms with Crippen LogP contribution in [0.5, 0.6) is 0 Å². The van der Waals surface area contributed by atoms with Crippen LogP contribution in [0.15, 0.2) is 77.8 Å². The van der Waals surface area contributed by atoms with Crippen molar-refractivity contribution in [1.29, 1.82) is 0 Å². The molecule has 196 valence electrons. The van der Waals surface area contributed by atoms with Crippen molar-refractivity contribution in [1.82, 2.24) is 5.32 Å². The maximum absolute atomic E-state index is 13.3. The molecule has 2 aliphatic carbocycles. The van der Waals surface area contributed by atoms with Crippen molar-refractivity contribution in [2.75, 3.05) is 11.1 Å². The molecule has 3 aromatic carbocycles. The Labute approximate surface area is 222 Å². The number of nitrogens with two attached hydrogens (primary N) is 1. The number of carbonyl (C=O) groups is 2. The van der Waals surface area contributed by atoms with Gasteiger partial charge in [-0.2, -0.15) is 0 Å². The number of halogens is 1. The van der Waals surface area contributed by atoms with Crippen LogP contribution in [0.3, 0.4) is 0 Å². The third-order valence-corrected chi connectivity index (χ3v) is 7.68. The molecular weight excluding hydrogens is 479 g/mol. The molecule has 0 aliphatic heterocycles. The molecule has 0 unspecified atom stereocenters. The van der Waals surface area contributed by atoms with E-state index in [9.17, 15) is 14.0 Å². The minimum absolute atomic E-state index is 0.303. The van der Waals surface area contributed by atoms with E-state index >= 15 is 0 Å². The number of anilines is 2. The Morgan fingerprint density at radius 2 is 1.61 bits per heavy atom. The van der Waals surface area contributed by atoms with E-state index in [0.717, 1.165) is 36.2 Å². The Hall–Kier alpha value is -4.00. The van der Waals surface area contributed by atoms with Gasteiger partial charge in [-0.15, -0.1) is 0 Å². The average Bonchev–Trinajstić information content (AvgIpc) is 2.91. The maximum Gasteiger partial charge on any atom is 0.252 e. The fraction of sp³-hybridized carbons (Fsp3) is 0.323. The molecule has 4 N–H and O–H groups in total. The van der Waals surface area contributed by atoms with Crippen molar-refractivity contribution in [3.63, 3.8) is 0 Å². The molecule has 2 saturated carbocycles. The molecule has 2 amide bonds. The van der Waals surface area contributed by atoms with Crippen LogP contribution in [0.2, 0.25) is 0 Å². The first kappa shape index (κ1) is 25.6. The number of benzene rings is 3. The zero-order chi connectivity index (χ0) is 26.5. The van der Waals surface area contributed by atoms with Crippen LogP contribution in [0.4, 0.5) is 21.5 Å². The lowest BCUT2D eigenvalue weighted by atomic mass is 9.75. The number of para-hydroxylation sites is 1. The van der Waals surface area contributed by atoms with Crippen LogP contribution in [0.1, 0.15) is 67.3 Å². The number of nitrogens with one attached hydrogen (secondary N) is 2. The van der Waals surface area contributed by atoms with Crippen molar-refractivity contribution in [3.8, 4) is 0 Å². The Morgan fingerprint density at radius 1 is 0.895 bits per heavy atom. The highest BCUT2D eigenvalue weighted by molar-refractivity contribution is 6.09. The second kappa shape index (κ2) is 11.2. The van der Waals surface area contributed by atoms with E-state index in [1.807, 2.05) is 36.4 Å². The minimum Gasteiger partial charge on any atom is -0.398 e. The summed E-state index contributed by atoms with van der Waals surface area (Å²) >= 11 is 0. The summed E-state index contributed by atoms with van der Waals surface area (Å²) in [5.74, 6) is -0.713. The molecule has 5 rings (SSSR count). The van der Waals surface area contributed by atoms with Crippen LogP contribution in [-0.4, -0.2) is 23.1 Å². The lowest BCUT2D eigenvalue weighted by Gasteiger charge is -2.40. The smallest absolute Gasteiger partial charge is 0.252 e. The second-order valence-electron chi connectivity index (χ2n) is 10.3. The first-order valence-corrected chi connectivity index (χ1v) is 13.4. The van der Waals surface area contributed by atoms with Gasteiger partial charge >= 0.3 is 0 Å². The van der Waals surface area contributed by atoms with E-state index in [1.54, 1.807) is 12.1 Å². The van der Waals surface area contributed by atoms with Gasteiger partial charge in [0.15, 0.2) is 0 Å². The van der Waals surface area contributed by atoms with Gasteiger partial charge in [-0.25, -0.2) is 4.39 Å². The largest absolute Gasteiger partial charge is 0.398 e. The number of aliphatic imine (C=N–C) groups is 1. The highest BCUT2D eigenvalue weighted by atomic mass is 19.1. The van der Waals surface area contributed by atoms with Crippen molar-refractivity contribution >= 4 is 34.6 Å². The first-order valence-electron chi connectivity index (χ1n) is 13.4. The lowest BCUT2D eigenvalue weighted by Crippen LogP contribution is -2.61. The van der Waals surface area contributed by atoms with Gasteiger partial charge in [-0.1, -0.05) is 43.5 Å². The molecule has 7 heteroatoms. The van der Waals surface area contributed by atoms with Crippen LogP contribution >= 0.6 is 0 Å². The van der Waals surface area contributed by atoms with Gasteiger partial charge in [0.2, 0.25) is 5.91 Å². The molecular formula is C31H33FN4O2. The van der Waals surface area contributed by atoms with Gasteiger partial charge in [0, 0.05) is 28.4 Å². The summed E-state index contributed by atoms with van der Waals surface area (Å²) in [5.41, 5.74) is 9.62. The zero-order valence-electron chi connectivity index (χ0n) is 21.4. The molecule has 2 aliphatic rings. The summed E-state index contributed by atoms with van der Waals surface area (Å²) < 4.78 is 13.2. The van der Waals surface area contributed by atoms with Gasteiger partial charge in [0.25, 0.3) is 5.91 Å². The topological polar surface area (TPSA) is 96.6 Å². The van der Waals surface area contributed by atoms with Crippen molar-refractivity contribution < 1.29 is 14.0 Å². The highest BCUT2D eigenvalue weighted by Crippen LogP contribution is 2.35. The summed E-state index contributed by atoms with van der Waals surface area (Å²) in [6.45, 7) is 0. The van der Waals surface area contributed by atoms with E-state index in [1.165, 1.54) is 43.5 Å². The van der Waals surface area contributed by atoms with Gasteiger partial charge in [-0.3, -0.25) is 14.6 Å². The number of nitrogens with zero attached hydrogens (tertiary/aromatic N) is 1. The van der Waals surface area contributed by atoms with E-state index in [2.05, 4.69) is 10.6 Å². The van der Waals surface area contributed by atoms with Gasteiger partial charge in [-0.05, 0) is 80.6 Å². The molecule has 3 aromatic rings. The summed E-state index contributed by atoms with van der Waals surface area (Å²) in [4.78, 5) is 31.3. The minimum atomic E-state index is -0.999. The second-order valence-corrected chi connectivity index (χ2v) is 10.3. The molecule has 0 spiro atoms. The van der Waals surface area contributed by atoms with Crippen LogP contribution in [0.25, 0.3) is 0 Å². The molecule has 0 bridgehead atoms. The van der Waals surface area contributed by atoms with Crippen molar-refractivity contribution in [2.45, 2.75) is 56.9 Å². The number of amides is 2. The highest BCUT2D eigenvalue weighted by Gasteiger charge is 2.45. The SMILES string of the molecule is Nc1cc(C(=O)NC2(C(=O)Nc3ccc(F)cc3)CCC2)ccc1C(=Nc1ccccc1)C1CCCCC1. The average molecular weight is 513 g/mol. The molecule has 38 heavy (non-hydrogen) atoms. The number of nitrogen functional groups attached to an aromatic ring is 1. The third-order valence-electron chi connectivity index (χ3n) is 7.68. The summed E-state index contributed by atoms with van der Waals surface area (Å²) in [5, 5.41) is 5.75. The molecule has 2 fully saturated rings. The van der Waals surface area contributed by atoms with E-state index < -0.39 is 5.54 Å². The number of hydrogen-bond acceptors (Lipinski definition) is 4. The van der Waals surface area contributed by atoms with Crippen LogP contribution in [-0.2, 0) is 4.79 Å². The van der Waals surface area contributed by atoms with E-state index in [-0.39, 0.29) is 17.6 Å². The van der Waals surface area contributed by atoms with Gasteiger partial charge in [0.1, 0.15) is 11.4 Å². The molecule has 6 nitrogen and oxygen atoms in total. The maximum atomic E-state index is 13.3. The molecule has 0 heterocycles. The predicted molar refractivity (Wildman–Crippen MR) is 149 cm³/mol. The Morgan fingerprint density at radius 3 is 2.24 bits per heavy atom. The fourth-order valence-corrected chi connectivity index (χ4v) is 5.34. The quantitative estimate of drug-likeness (QED) is 0.252. The Kier molecular flexibility index (Phi) is 7.54. The number of carbonyl (C=O) groups excluding carboxylic acids is 2. The van der Waals surface area contributed by atoms with E-state index in [0.29, 0.717) is 35.7 Å². The normalized spacial score (nSPS) is 17.3. The first-order chi connectivity index (χ1) is 18.4. The molecule has 0 radical (unpaired) electrons. The fourth-order valence-electron chi connectivity index (χ4n) is 5.34. The van der Waals surface area contributed by atoms with Crippen molar-refractivity contribution in [3.05, 3.63) is 89.7 Å². The number of hydrogen-bond donors (Lipinski definition) is 3. The predicted octanol–water partition coefficient (Wildman–Crippen LogP) is 6.40. The van der Waals surface area contributed by atoms with Gasteiger partial charge < -0.3 is 16.4 Å². The Bertz CT molecular complexity index is 1330. The van der Waals surface area contributed by atoms with Crippen LogP contribution < -0.4 is 16.4 Å². The standard InChI is InChI=1S/C31H33FN4O2/c32-23-13-15-25(16-14-23)35-30(38)31(18-7-19-31)36-29(37)22-12-17-26(27(33)20-22)28(21-8-3-1-4-9-21)34-24-10-5-2-6-11-24/h2,5-6,10-17,20-21H,1,3-4,7-9,18-19,33H2,(H,35,38)(H,36,37). The summed E-state index contributed by atoms with van der Waals surface area (Å²) in [6.07, 6.45) is 7.61. The van der Waals surface area contributed by atoms with Crippen LogP contribution in [0, 0.1) is 11.7 Å². The third kappa shape index (κ3) is 5.62. The Balaban J connectivity index is 1.36. The zero-order valence-corrected chi connectivity index (χ0v) is 21.4. The summed E-state index contributed by atoms with van der Waals surface area (Å²) in [7, 11) is 0.